The first-order valence-electron chi connectivity index (χ1n) is 9.53. The minimum atomic E-state index is -0.475. The molecule has 1 amide bonds. The predicted octanol–water partition coefficient (Wildman–Crippen LogP) is 6.20. The van der Waals surface area contributed by atoms with Crippen LogP contribution in [-0.2, 0) is 0 Å². The van der Waals surface area contributed by atoms with Gasteiger partial charge in [-0.15, -0.1) is 0 Å². The highest BCUT2D eigenvalue weighted by Gasteiger charge is 2.14. The molecular formula is C24H16Cl2N2O3S. The fourth-order valence-corrected chi connectivity index (χ4v) is 3.88. The number of halogens is 2. The molecule has 8 heteroatoms. The first-order valence-corrected chi connectivity index (χ1v) is 10.7. The Bertz CT molecular complexity index is 1430. The minimum absolute atomic E-state index is 0.100. The average Bonchev–Trinajstić information content (AvgIpc) is 2.75. The summed E-state index contributed by atoms with van der Waals surface area (Å²) in [5.41, 5.74) is 3.06. The van der Waals surface area contributed by atoms with Crippen molar-refractivity contribution in [2.75, 3.05) is 5.32 Å². The van der Waals surface area contributed by atoms with Crippen molar-refractivity contribution < 1.29 is 9.21 Å². The molecule has 160 valence electrons. The zero-order valence-corrected chi connectivity index (χ0v) is 19.1. The molecule has 3 aromatic carbocycles. The Balaban J connectivity index is 1.53. The van der Waals surface area contributed by atoms with Gasteiger partial charge >= 0.3 is 5.63 Å². The molecule has 4 rings (SSSR count). The van der Waals surface area contributed by atoms with Gasteiger partial charge in [0, 0.05) is 16.1 Å². The predicted molar refractivity (Wildman–Crippen MR) is 133 cm³/mol. The Hall–Kier alpha value is -3.19. The topological polar surface area (TPSA) is 71.3 Å². The van der Waals surface area contributed by atoms with Gasteiger partial charge in [-0.3, -0.25) is 10.1 Å². The second-order valence-electron chi connectivity index (χ2n) is 7.05. The molecular weight excluding hydrogens is 467 g/mol. The molecule has 0 aliphatic rings. The minimum Gasteiger partial charge on any atom is -0.422 e. The van der Waals surface area contributed by atoms with Gasteiger partial charge in [-0.25, -0.2) is 4.79 Å². The van der Waals surface area contributed by atoms with Gasteiger partial charge in [0.1, 0.15) is 5.58 Å². The van der Waals surface area contributed by atoms with Crippen LogP contribution in [-0.4, -0.2) is 11.0 Å². The normalized spacial score (nSPS) is 10.7. The van der Waals surface area contributed by atoms with E-state index in [4.69, 9.17) is 39.8 Å². The lowest BCUT2D eigenvalue weighted by Crippen LogP contribution is -2.34. The summed E-state index contributed by atoms with van der Waals surface area (Å²) in [6.45, 7) is 1.88. The van der Waals surface area contributed by atoms with E-state index in [1.807, 2.05) is 37.3 Å². The van der Waals surface area contributed by atoms with Crippen molar-refractivity contribution in [3.63, 3.8) is 0 Å². The summed E-state index contributed by atoms with van der Waals surface area (Å²) in [4.78, 5) is 24.9. The Kier molecular flexibility index (Phi) is 6.28. The number of carbonyl (C=O) groups is 1. The lowest BCUT2D eigenvalue weighted by Gasteiger charge is -2.13. The maximum Gasteiger partial charge on any atom is 0.344 e. The summed E-state index contributed by atoms with van der Waals surface area (Å²) in [5, 5.41) is 7.14. The van der Waals surface area contributed by atoms with Gasteiger partial charge in [-0.05, 0) is 72.7 Å². The summed E-state index contributed by atoms with van der Waals surface area (Å²) in [7, 11) is 0. The van der Waals surface area contributed by atoms with E-state index in [1.165, 1.54) is 6.07 Å². The maximum absolute atomic E-state index is 12.5. The standard InChI is InChI=1S/C24H16Cl2N2O3S/c1-13-10-16(27-24(32)28-22(29)19-12-15(25)6-9-20(19)26)7-8-17(13)18-11-14-4-2-3-5-21(14)31-23(18)30/h2-12H,1H3,(H2,27,28,29,32). The molecule has 32 heavy (non-hydrogen) atoms. The van der Waals surface area contributed by atoms with E-state index in [-0.39, 0.29) is 15.7 Å². The number of amides is 1. The fourth-order valence-electron chi connectivity index (χ4n) is 3.30. The largest absolute Gasteiger partial charge is 0.422 e. The fraction of sp³-hybridized carbons (Fsp3) is 0.0417. The van der Waals surface area contributed by atoms with E-state index in [0.29, 0.717) is 21.9 Å². The molecule has 0 aliphatic carbocycles. The summed E-state index contributed by atoms with van der Waals surface area (Å²) in [6, 6.07) is 19.2. The highest BCUT2D eigenvalue weighted by Crippen LogP contribution is 2.26. The Labute approximate surface area is 199 Å². The molecule has 0 bridgehead atoms. The number of fused-ring (bicyclic) bond motifs is 1. The zero-order chi connectivity index (χ0) is 22.8. The van der Waals surface area contributed by atoms with Gasteiger partial charge in [0.15, 0.2) is 5.11 Å². The number of rotatable bonds is 3. The number of carbonyl (C=O) groups excluding carboxylic acids is 1. The Morgan fingerprint density at radius 3 is 2.53 bits per heavy atom. The first-order chi connectivity index (χ1) is 15.3. The van der Waals surface area contributed by atoms with Crippen LogP contribution in [0.5, 0.6) is 0 Å². The van der Waals surface area contributed by atoms with Gasteiger partial charge in [0.25, 0.3) is 5.91 Å². The van der Waals surface area contributed by atoms with E-state index in [1.54, 1.807) is 30.3 Å². The van der Waals surface area contributed by atoms with Crippen LogP contribution in [0, 0.1) is 6.92 Å². The molecule has 1 aromatic heterocycles. The highest BCUT2D eigenvalue weighted by atomic mass is 35.5. The number of nitrogens with one attached hydrogen (secondary N) is 2. The molecule has 0 atom stereocenters. The van der Waals surface area contributed by atoms with Crippen LogP contribution >= 0.6 is 35.4 Å². The number of benzene rings is 3. The third-order valence-corrected chi connectivity index (χ3v) is 5.58. The van der Waals surface area contributed by atoms with Gasteiger partial charge in [0.05, 0.1) is 16.1 Å². The Morgan fingerprint density at radius 1 is 0.969 bits per heavy atom. The van der Waals surface area contributed by atoms with Crippen molar-refractivity contribution in [2.45, 2.75) is 6.92 Å². The Morgan fingerprint density at radius 2 is 1.75 bits per heavy atom. The zero-order valence-electron chi connectivity index (χ0n) is 16.7. The monoisotopic (exact) mass is 482 g/mol. The van der Waals surface area contributed by atoms with Crippen molar-refractivity contribution >= 4 is 63.1 Å². The van der Waals surface area contributed by atoms with Crippen LogP contribution in [0.2, 0.25) is 10.0 Å². The number of thiocarbonyl (C=S) groups is 1. The van der Waals surface area contributed by atoms with E-state index >= 15 is 0 Å². The highest BCUT2D eigenvalue weighted by molar-refractivity contribution is 7.80. The van der Waals surface area contributed by atoms with Crippen LogP contribution in [0.1, 0.15) is 15.9 Å². The van der Waals surface area contributed by atoms with Gasteiger partial charge in [-0.1, -0.05) is 47.5 Å². The third-order valence-electron chi connectivity index (χ3n) is 4.82. The molecule has 0 aliphatic heterocycles. The van der Waals surface area contributed by atoms with Crippen LogP contribution in [0.15, 0.2) is 75.9 Å². The number of para-hydroxylation sites is 1. The lowest BCUT2D eigenvalue weighted by molar-refractivity contribution is 0.0978. The third kappa shape index (κ3) is 4.67. The molecule has 4 aromatic rings. The van der Waals surface area contributed by atoms with Gasteiger partial charge in [0.2, 0.25) is 0 Å². The maximum atomic E-state index is 12.5. The van der Waals surface area contributed by atoms with E-state index < -0.39 is 11.5 Å². The van der Waals surface area contributed by atoms with Crippen molar-refractivity contribution in [3.8, 4) is 11.1 Å². The molecule has 0 saturated carbocycles. The van der Waals surface area contributed by atoms with Crippen molar-refractivity contribution in [3.05, 3.63) is 98.3 Å². The summed E-state index contributed by atoms with van der Waals surface area (Å²) in [6.07, 6.45) is 0. The molecule has 0 radical (unpaired) electrons. The van der Waals surface area contributed by atoms with E-state index in [9.17, 15) is 9.59 Å². The van der Waals surface area contributed by atoms with Crippen molar-refractivity contribution in [1.29, 1.82) is 0 Å². The molecule has 5 nitrogen and oxygen atoms in total. The number of hydrogen-bond acceptors (Lipinski definition) is 4. The molecule has 0 fully saturated rings. The SMILES string of the molecule is Cc1cc(NC(=S)NC(=O)c2cc(Cl)ccc2Cl)ccc1-c1cc2ccccc2oc1=O. The second kappa shape index (κ2) is 9.12. The summed E-state index contributed by atoms with van der Waals surface area (Å²) in [5.74, 6) is -0.475. The molecule has 0 unspecified atom stereocenters. The van der Waals surface area contributed by atoms with E-state index in [2.05, 4.69) is 10.6 Å². The molecule has 2 N–H and O–H groups in total. The molecule has 0 spiro atoms. The summed E-state index contributed by atoms with van der Waals surface area (Å²) >= 11 is 17.2. The van der Waals surface area contributed by atoms with Crippen molar-refractivity contribution in [1.82, 2.24) is 5.32 Å². The van der Waals surface area contributed by atoms with Crippen LogP contribution in [0.25, 0.3) is 22.1 Å². The smallest absolute Gasteiger partial charge is 0.344 e. The average molecular weight is 483 g/mol. The second-order valence-corrected chi connectivity index (χ2v) is 8.30. The van der Waals surface area contributed by atoms with Crippen molar-refractivity contribution in [2.24, 2.45) is 0 Å². The van der Waals surface area contributed by atoms with Gasteiger partial charge < -0.3 is 9.73 Å². The molecule has 1 heterocycles. The summed E-state index contributed by atoms with van der Waals surface area (Å²) < 4.78 is 5.44. The number of anilines is 1. The molecule has 0 saturated heterocycles. The first kappa shape index (κ1) is 22.0. The van der Waals surface area contributed by atoms with Crippen LogP contribution in [0.3, 0.4) is 0 Å². The number of hydrogen-bond donors (Lipinski definition) is 2. The number of aryl methyl sites for hydroxylation is 1. The lowest BCUT2D eigenvalue weighted by atomic mass is 10.0. The van der Waals surface area contributed by atoms with E-state index in [0.717, 1.165) is 16.5 Å². The van der Waals surface area contributed by atoms with Gasteiger partial charge in [-0.2, -0.15) is 0 Å². The quantitative estimate of drug-likeness (QED) is 0.268. The van der Waals surface area contributed by atoms with Crippen LogP contribution < -0.4 is 16.3 Å². The van der Waals surface area contributed by atoms with Crippen LogP contribution in [0.4, 0.5) is 5.69 Å².